The number of nitrogens with one attached hydrogen (secondary N) is 1. The summed E-state index contributed by atoms with van der Waals surface area (Å²) < 4.78 is 5.32. The fourth-order valence-corrected chi connectivity index (χ4v) is 1.82. The van der Waals surface area contributed by atoms with Crippen LogP contribution in [0, 0.1) is 0 Å². The van der Waals surface area contributed by atoms with E-state index in [9.17, 15) is 4.79 Å². The molecular weight excluding hydrogens is 266 g/mol. The minimum Gasteiger partial charge on any atom is -0.456 e. The highest BCUT2D eigenvalue weighted by atomic mass is 16.6. The number of carbonyl (C=O) groups is 1. The molecule has 0 aliphatic rings. The molecule has 0 aliphatic heterocycles. The van der Waals surface area contributed by atoms with Gasteiger partial charge in [-0.1, -0.05) is 0 Å². The van der Waals surface area contributed by atoms with Crippen molar-refractivity contribution < 1.29 is 9.53 Å². The Kier molecular flexibility index (Phi) is 6.03. The second-order valence-corrected chi connectivity index (χ2v) is 6.39. The maximum absolute atomic E-state index is 12.0. The lowest BCUT2D eigenvalue weighted by molar-refractivity contribution is 0.00708. The number of nitrogen functional groups attached to an aromatic ring is 1. The molecule has 0 saturated carbocycles. The molecule has 0 aliphatic carbocycles. The van der Waals surface area contributed by atoms with Crippen LogP contribution in [-0.2, 0) is 4.74 Å². The Hall–Kier alpha value is -1.75. The van der Waals surface area contributed by atoms with Gasteiger partial charge in [-0.25, -0.2) is 4.79 Å². The van der Waals surface area contributed by atoms with Crippen LogP contribution < -0.4 is 11.1 Å². The lowest BCUT2D eigenvalue weighted by Crippen LogP contribution is -2.24. The topological polar surface area (TPSA) is 67.6 Å². The fourth-order valence-electron chi connectivity index (χ4n) is 1.82. The second kappa shape index (κ2) is 7.31. The van der Waals surface area contributed by atoms with E-state index < -0.39 is 5.60 Å². The first-order valence-electron chi connectivity index (χ1n) is 7.20. The average molecular weight is 293 g/mol. The predicted molar refractivity (Wildman–Crippen MR) is 87.7 cm³/mol. The van der Waals surface area contributed by atoms with Gasteiger partial charge in [-0.2, -0.15) is 0 Å². The van der Waals surface area contributed by atoms with E-state index in [0.29, 0.717) is 11.3 Å². The highest BCUT2D eigenvalue weighted by Crippen LogP contribution is 2.21. The molecule has 0 atom stereocenters. The first-order valence-corrected chi connectivity index (χ1v) is 7.20. The van der Waals surface area contributed by atoms with Gasteiger partial charge in [-0.3, -0.25) is 0 Å². The standard InChI is InChI=1S/C16H27N3O2/c1-16(2,3)21-15(20)13-8-7-12(11-14(13)17)18-9-6-10-19(4)5/h7-8,11,18H,6,9-10,17H2,1-5H3. The summed E-state index contributed by atoms with van der Waals surface area (Å²) in [5, 5.41) is 3.30. The van der Waals surface area contributed by atoms with Crippen molar-refractivity contribution in [3.8, 4) is 0 Å². The quantitative estimate of drug-likeness (QED) is 0.479. The molecule has 0 radical (unpaired) electrons. The summed E-state index contributed by atoms with van der Waals surface area (Å²) in [6.45, 7) is 7.40. The molecule has 0 unspecified atom stereocenters. The third kappa shape index (κ3) is 6.49. The van der Waals surface area contributed by atoms with Gasteiger partial charge in [0.2, 0.25) is 0 Å². The van der Waals surface area contributed by atoms with Crippen molar-refractivity contribution in [3.63, 3.8) is 0 Å². The molecule has 0 spiro atoms. The molecule has 1 rings (SSSR count). The van der Waals surface area contributed by atoms with Crippen LogP contribution in [0.2, 0.25) is 0 Å². The number of hydrogen-bond acceptors (Lipinski definition) is 5. The number of esters is 1. The molecule has 0 amide bonds. The first kappa shape index (κ1) is 17.3. The smallest absolute Gasteiger partial charge is 0.340 e. The summed E-state index contributed by atoms with van der Waals surface area (Å²) in [7, 11) is 4.10. The average Bonchev–Trinajstić information content (AvgIpc) is 2.32. The van der Waals surface area contributed by atoms with Gasteiger partial charge in [0.25, 0.3) is 0 Å². The third-order valence-corrected chi connectivity index (χ3v) is 2.78. The third-order valence-electron chi connectivity index (χ3n) is 2.78. The molecule has 5 heteroatoms. The zero-order valence-corrected chi connectivity index (χ0v) is 13.7. The lowest BCUT2D eigenvalue weighted by atomic mass is 10.1. The molecule has 118 valence electrons. The Morgan fingerprint density at radius 1 is 1.33 bits per heavy atom. The van der Waals surface area contributed by atoms with Crippen LogP contribution in [-0.4, -0.2) is 43.7 Å². The molecule has 3 N–H and O–H groups in total. The van der Waals surface area contributed by atoms with Gasteiger partial charge < -0.3 is 20.7 Å². The van der Waals surface area contributed by atoms with Gasteiger partial charge in [0, 0.05) is 17.9 Å². The Labute approximate surface area is 127 Å². The Morgan fingerprint density at radius 3 is 2.52 bits per heavy atom. The summed E-state index contributed by atoms with van der Waals surface area (Å²) in [4.78, 5) is 14.1. The van der Waals surface area contributed by atoms with E-state index in [4.69, 9.17) is 10.5 Å². The predicted octanol–water partition coefficient (Wildman–Crippen LogP) is 2.59. The number of carbonyl (C=O) groups excluding carboxylic acids is 1. The minimum atomic E-state index is -0.521. The molecule has 0 fully saturated rings. The van der Waals surface area contributed by atoms with Crippen LogP contribution in [0.5, 0.6) is 0 Å². The van der Waals surface area contributed by atoms with Crippen molar-refractivity contribution >= 4 is 17.3 Å². The normalized spacial score (nSPS) is 11.5. The second-order valence-electron chi connectivity index (χ2n) is 6.39. The summed E-state index contributed by atoms with van der Waals surface area (Å²) in [6.07, 6.45) is 1.04. The van der Waals surface area contributed by atoms with E-state index in [-0.39, 0.29) is 5.97 Å². The van der Waals surface area contributed by atoms with E-state index >= 15 is 0 Å². The zero-order chi connectivity index (χ0) is 16.0. The van der Waals surface area contributed by atoms with E-state index in [0.717, 1.165) is 25.2 Å². The number of rotatable bonds is 6. The van der Waals surface area contributed by atoms with Crippen molar-refractivity contribution in [2.45, 2.75) is 32.8 Å². The van der Waals surface area contributed by atoms with Crippen molar-refractivity contribution in [1.82, 2.24) is 4.90 Å². The minimum absolute atomic E-state index is 0.390. The number of benzene rings is 1. The van der Waals surface area contributed by atoms with Crippen LogP contribution in [0.15, 0.2) is 18.2 Å². The summed E-state index contributed by atoms with van der Waals surface area (Å²) in [6, 6.07) is 5.33. The van der Waals surface area contributed by atoms with E-state index in [1.54, 1.807) is 12.1 Å². The van der Waals surface area contributed by atoms with Gasteiger partial charge in [-0.15, -0.1) is 0 Å². The Bertz CT molecular complexity index is 479. The number of nitrogens with zero attached hydrogens (tertiary/aromatic N) is 1. The molecule has 1 aromatic rings. The van der Waals surface area contributed by atoms with Crippen molar-refractivity contribution in [1.29, 1.82) is 0 Å². The number of hydrogen-bond donors (Lipinski definition) is 2. The zero-order valence-electron chi connectivity index (χ0n) is 13.7. The number of anilines is 2. The van der Waals surface area contributed by atoms with Crippen molar-refractivity contribution in [2.75, 3.05) is 38.2 Å². The van der Waals surface area contributed by atoms with Crippen LogP contribution in [0.4, 0.5) is 11.4 Å². The van der Waals surface area contributed by atoms with Gasteiger partial charge in [0.05, 0.1) is 5.56 Å². The molecule has 1 aromatic carbocycles. The van der Waals surface area contributed by atoms with Crippen LogP contribution >= 0.6 is 0 Å². The van der Waals surface area contributed by atoms with Crippen molar-refractivity contribution in [2.24, 2.45) is 0 Å². The molecule has 5 nitrogen and oxygen atoms in total. The van der Waals surface area contributed by atoms with Crippen LogP contribution in [0.25, 0.3) is 0 Å². The molecule has 21 heavy (non-hydrogen) atoms. The van der Waals surface area contributed by atoms with E-state index in [2.05, 4.69) is 10.2 Å². The maximum Gasteiger partial charge on any atom is 0.340 e. The van der Waals surface area contributed by atoms with Crippen LogP contribution in [0.3, 0.4) is 0 Å². The molecule has 0 bridgehead atoms. The lowest BCUT2D eigenvalue weighted by Gasteiger charge is -2.20. The molecule has 0 heterocycles. The van der Waals surface area contributed by atoms with Gasteiger partial charge in [0.1, 0.15) is 5.60 Å². The Morgan fingerprint density at radius 2 is 2.00 bits per heavy atom. The van der Waals surface area contributed by atoms with Crippen LogP contribution in [0.1, 0.15) is 37.6 Å². The summed E-state index contributed by atoms with van der Waals surface area (Å²) >= 11 is 0. The molecule has 0 aromatic heterocycles. The fraction of sp³-hybridized carbons (Fsp3) is 0.562. The highest BCUT2D eigenvalue weighted by molar-refractivity contribution is 5.96. The first-order chi connectivity index (χ1) is 9.69. The monoisotopic (exact) mass is 293 g/mol. The highest BCUT2D eigenvalue weighted by Gasteiger charge is 2.19. The van der Waals surface area contributed by atoms with Gasteiger partial charge in [0.15, 0.2) is 0 Å². The summed E-state index contributed by atoms with van der Waals surface area (Å²) in [5.74, 6) is -0.390. The number of ether oxygens (including phenoxy) is 1. The summed E-state index contributed by atoms with van der Waals surface area (Å²) in [5.41, 5.74) is 7.18. The van der Waals surface area contributed by atoms with E-state index in [1.165, 1.54) is 0 Å². The number of nitrogens with two attached hydrogens (primary N) is 1. The van der Waals surface area contributed by atoms with E-state index in [1.807, 2.05) is 40.9 Å². The SMILES string of the molecule is CN(C)CCCNc1ccc(C(=O)OC(C)(C)C)c(N)c1. The van der Waals surface area contributed by atoms with Crippen molar-refractivity contribution in [3.05, 3.63) is 23.8 Å². The Balaban J connectivity index is 2.61. The van der Waals surface area contributed by atoms with Gasteiger partial charge in [-0.05, 0) is 66.0 Å². The largest absolute Gasteiger partial charge is 0.456 e. The molecular formula is C16H27N3O2. The van der Waals surface area contributed by atoms with Gasteiger partial charge >= 0.3 is 5.97 Å². The molecule has 0 saturated heterocycles. The maximum atomic E-state index is 12.0.